The summed E-state index contributed by atoms with van der Waals surface area (Å²) in [5.74, 6) is -1.69. The Hall–Kier alpha value is -2.05. The molecule has 0 bridgehead atoms. The monoisotopic (exact) mass is 458 g/mol. The Morgan fingerprint density at radius 3 is 2.40 bits per heavy atom. The lowest BCUT2D eigenvalue weighted by Crippen LogP contribution is -2.32. The highest BCUT2D eigenvalue weighted by Crippen LogP contribution is 2.37. The second-order valence-corrected chi connectivity index (χ2v) is 8.65. The minimum absolute atomic E-state index is 0.0116. The van der Waals surface area contributed by atoms with Crippen molar-refractivity contribution in [2.24, 2.45) is 5.92 Å². The fourth-order valence-electron chi connectivity index (χ4n) is 2.98. The van der Waals surface area contributed by atoms with Crippen molar-refractivity contribution in [3.8, 4) is 5.75 Å². The van der Waals surface area contributed by atoms with E-state index >= 15 is 0 Å². The van der Waals surface area contributed by atoms with E-state index in [0.29, 0.717) is 12.5 Å². The van der Waals surface area contributed by atoms with Crippen LogP contribution in [-0.2, 0) is 11.2 Å². The Morgan fingerprint density at radius 1 is 1.13 bits per heavy atom. The summed E-state index contributed by atoms with van der Waals surface area (Å²) < 4.78 is 29.6. The SMILES string of the molecule is CC(C)CNC(=O)CNc1cc(Cl)c(Cc2ccc(O)c(C(C)C)c2F)c(Cl)c1F. The van der Waals surface area contributed by atoms with Crippen LogP contribution in [0.4, 0.5) is 14.5 Å². The average Bonchev–Trinajstić information content (AvgIpc) is 2.66. The van der Waals surface area contributed by atoms with E-state index in [1.807, 2.05) is 13.8 Å². The zero-order valence-corrected chi connectivity index (χ0v) is 18.9. The van der Waals surface area contributed by atoms with Gasteiger partial charge in [-0.1, -0.05) is 57.0 Å². The third-order valence-corrected chi connectivity index (χ3v) is 5.31. The van der Waals surface area contributed by atoms with Crippen molar-refractivity contribution in [1.29, 1.82) is 0 Å². The number of carbonyl (C=O) groups excluding carboxylic acids is 1. The van der Waals surface area contributed by atoms with Crippen LogP contribution in [0, 0.1) is 17.6 Å². The molecule has 0 aliphatic heterocycles. The summed E-state index contributed by atoms with van der Waals surface area (Å²) >= 11 is 12.5. The number of anilines is 1. The van der Waals surface area contributed by atoms with E-state index in [2.05, 4.69) is 10.6 Å². The minimum Gasteiger partial charge on any atom is -0.508 e. The van der Waals surface area contributed by atoms with Gasteiger partial charge >= 0.3 is 0 Å². The highest BCUT2D eigenvalue weighted by Gasteiger charge is 2.21. The average molecular weight is 459 g/mol. The van der Waals surface area contributed by atoms with E-state index < -0.39 is 11.6 Å². The summed E-state index contributed by atoms with van der Waals surface area (Å²) in [6, 6.07) is 4.15. The van der Waals surface area contributed by atoms with Gasteiger partial charge in [-0.3, -0.25) is 4.79 Å². The molecule has 0 radical (unpaired) electrons. The van der Waals surface area contributed by atoms with Crippen LogP contribution in [0.2, 0.25) is 10.0 Å². The molecule has 0 atom stereocenters. The van der Waals surface area contributed by atoms with Crippen LogP contribution < -0.4 is 10.6 Å². The molecule has 8 heteroatoms. The van der Waals surface area contributed by atoms with Crippen LogP contribution in [0.15, 0.2) is 18.2 Å². The molecule has 164 valence electrons. The maximum Gasteiger partial charge on any atom is 0.239 e. The second kappa shape index (κ2) is 10.3. The molecule has 2 rings (SSSR count). The Balaban J connectivity index is 2.25. The Labute approximate surface area is 185 Å². The predicted octanol–water partition coefficient (Wildman–Crippen LogP) is 5.88. The van der Waals surface area contributed by atoms with Gasteiger partial charge in [-0.15, -0.1) is 0 Å². The molecule has 0 heterocycles. The predicted molar refractivity (Wildman–Crippen MR) is 118 cm³/mol. The summed E-state index contributed by atoms with van der Waals surface area (Å²) in [5.41, 5.74) is 0.645. The molecule has 3 N–H and O–H groups in total. The number of benzene rings is 2. The standard InChI is InChI=1S/C22H26Cl2F2N2O2/c1-11(2)9-28-18(30)10-27-16-8-15(23)14(20(24)22(16)26)7-13-5-6-17(29)19(12(3)4)21(13)25/h5-6,8,11-12,27,29H,7,9-10H2,1-4H3,(H,28,30). The van der Waals surface area contributed by atoms with Gasteiger partial charge in [0, 0.05) is 23.6 Å². The molecule has 1 amide bonds. The van der Waals surface area contributed by atoms with Crippen LogP contribution in [0.3, 0.4) is 0 Å². The third kappa shape index (κ3) is 5.76. The summed E-state index contributed by atoms with van der Waals surface area (Å²) in [6.45, 7) is 7.83. The van der Waals surface area contributed by atoms with Crippen molar-refractivity contribution in [1.82, 2.24) is 5.32 Å². The van der Waals surface area contributed by atoms with Crippen molar-refractivity contribution in [3.63, 3.8) is 0 Å². The van der Waals surface area contributed by atoms with Gasteiger partial charge in [0.15, 0.2) is 5.82 Å². The molecule has 0 spiro atoms. The number of amides is 1. The maximum absolute atomic E-state index is 14.9. The number of phenols is 1. The molecule has 2 aromatic carbocycles. The quantitative estimate of drug-likeness (QED) is 0.433. The number of nitrogens with one attached hydrogen (secondary N) is 2. The molecular formula is C22H26Cl2F2N2O2. The first-order valence-electron chi connectivity index (χ1n) is 9.70. The molecule has 0 saturated carbocycles. The third-order valence-electron chi connectivity index (χ3n) is 4.58. The number of hydrogen-bond donors (Lipinski definition) is 3. The van der Waals surface area contributed by atoms with Crippen molar-refractivity contribution < 1.29 is 18.7 Å². The lowest BCUT2D eigenvalue weighted by Gasteiger charge is -2.16. The van der Waals surface area contributed by atoms with E-state index in [1.54, 1.807) is 13.8 Å². The van der Waals surface area contributed by atoms with E-state index in [0.717, 1.165) is 0 Å². The molecule has 0 saturated heterocycles. The molecule has 0 aliphatic rings. The number of aromatic hydroxyl groups is 1. The lowest BCUT2D eigenvalue weighted by atomic mass is 9.95. The normalized spacial score (nSPS) is 11.3. The highest BCUT2D eigenvalue weighted by molar-refractivity contribution is 6.36. The van der Waals surface area contributed by atoms with Gasteiger partial charge in [0.05, 0.1) is 17.3 Å². The lowest BCUT2D eigenvalue weighted by molar-refractivity contribution is -0.119. The zero-order valence-electron chi connectivity index (χ0n) is 17.4. The van der Waals surface area contributed by atoms with Gasteiger partial charge in [-0.05, 0) is 35.1 Å². The molecule has 30 heavy (non-hydrogen) atoms. The Bertz CT molecular complexity index is 934. The van der Waals surface area contributed by atoms with Crippen molar-refractivity contribution in [2.45, 2.75) is 40.0 Å². The molecule has 0 fully saturated rings. The van der Waals surface area contributed by atoms with Gasteiger partial charge in [-0.2, -0.15) is 0 Å². The van der Waals surface area contributed by atoms with Crippen molar-refractivity contribution in [2.75, 3.05) is 18.4 Å². The van der Waals surface area contributed by atoms with Crippen LogP contribution in [0.1, 0.15) is 50.3 Å². The molecule has 4 nitrogen and oxygen atoms in total. The summed E-state index contributed by atoms with van der Waals surface area (Å²) in [4.78, 5) is 11.8. The van der Waals surface area contributed by atoms with Gasteiger partial charge in [0.2, 0.25) is 5.91 Å². The number of halogens is 4. The number of phenolic OH excluding ortho intramolecular Hbond substituents is 1. The van der Waals surface area contributed by atoms with E-state index in [1.165, 1.54) is 18.2 Å². The van der Waals surface area contributed by atoms with Crippen LogP contribution in [0.25, 0.3) is 0 Å². The summed E-state index contributed by atoms with van der Waals surface area (Å²) in [7, 11) is 0. The van der Waals surface area contributed by atoms with Crippen LogP contribution >= 0.6 is 23.2 Å². The maximum atomic E-state index is 14.9. The van der Waals surface area contributed by atoms with E-state index in [-0.39, 0.29) is 63.0 Å². The van der Waals surface area contributed by atoms with Crippen LogP contribution in [-0.4, -0.2) is 24.1 Å². The number of carbonyl (C=O) groups is 1. The smallest absolute Gasteiger partial charge is 0.239 e. The summed E-state index contributed by atoms with van der Waals surface area (Å²) in [6.07, 6.45) is -0.0461. The number of rotatable bonds is 8. The highest BCUT2D eigenvalue weighted by atomic mass is 35.5. The summed E-state index contributed by atoms with van der Waals surface area (Å²) in [5, 5.41) is 15.2. The van der Waals surface area contributed by atoms with Gasteiger partial charge < -0.3 is 15.7 Å². The zero-order chi connectivity index (χ0) is 22.6. The first kappa shape index (κ1) is 24.2. The van der Waals surface area contributed by atoms with Gasteiger partial charge in [-0.25, -0.2) is 8.78 Å². The van der Waals surface area contributed by atoms with Crippen molar-refractivity contribution >= 4 is 34.8 Å². The topological polar surface area (TPSA) is 61.4 Å². The first-order valence-corrected chi connectivity index (χ1v) is 10.5. The molecule has 0 unspecified atom stereocenters. The van der Waals surface area contributed by atoms with Crippen molar-refractivity contribution in [3.05, 3.63) is 56.6 Å². The molecular weight excluding hydrogens is 433 g/mol. The number of hydrogen-bond acceptors (Lipinski definition) is 3. The van der Waals surface area contributed by atoms with Gasteiger partial charge in [0.1, 0.15) is 11.6 Å². The van der Waals surface area contributed by atoms with Crippen LogP contribution in [0.5, 0.6) is 5.75 Å². The molecule has 0 aliphatic carbocycles. The van der Waals surface area contributed by atoms with E-state index in [9.17, 15) is 18.7 Å². The largest absolute Gasteiger partial charge is 0.508 e. The fourth-order valence-corrected chi connectivity index (χ4v) is 3.57. The van der Waals surface area contributed by atoms with E-state index in [4.69, 9.17) is 23.2 Å². The van der Waals surface area contributed by atoms with Gasteiger partial charge in [0.25, 0.3) is 0 Å². The minimum atomic E-state index is -0.768. The molecule has 0 aromatic heterocycles. The molecule has 2 aromatic rings. The Kier molecular flexibility index (Phi) is 8.33. The Morgan fingerprint density at radius 2 is 1.80 bits per heavy atom. The second-order valence-electron chi connectivity index (χ2n) is 7.87. The fraction of sp³-hybridized carbons (Fsp3) is 0.409. The first-order chi connectivity index (χ1) is 14.0.